The lowest BCUT2D eigenvalue weighted by molar-refractivity contribution is -0.333. The first-order valence-electron chi connectivity index (χ1n) is 41.6. The monoisotopic (exact) mass is 1750 g/mol. The minimum Gasteiger partial charge on any atom is -0.508 e. The van der Waals surface area contributed by atoms with Crippen LogP contribution in [0.15, 0.2) is 103 Å². The quantitative estimate of drug-likeness (QED) is 0.0546. The van der Waals surface area contributed by atoms with E-state index in [-0.39, 0.29) is 117 Å². The standard InChI is InChI=1S/C87H103ClN12O25/c1-35(2)19-54(91-6)77(109)99-68-70(104)41-8-15-56(36(3)20-41)121-58-28-45-29-59(74(58)125-84-75(73(107)72(106)60(34-101)123-84)124-62-33-86(5,90)76(108)37(4)120-62)122-57-16-9-42(27-53(57)88)71(105)69-83(115)98-67(81(113)95-64-43-22-38-21-39(24-43)25-44(64)23-38)50-30-47(102)31-52-63(50)49-26-40(7-14-51(49)87(52,117)118)65(79(111)100-69)97-80(112)66(45)96-78(110)55(93-82(68)114)32-61(103)94-85(116)92-46-10-12-48(13-11-46)119-18-17-89/h7-16,20,26-31,35,37-39,43-44,54-55,60,62,64-73,75-76,84,91,101-102,104-108,117-118H,17-19,21-25,32-34,89-90H2,1-6H3,(H,93,114)(H,95,113)(H,96,110)(H,97,112)(H,98,115)(H,99,109)(H,100,111)(H2,92,94,103,116)/t37-,38?,39?,43?,44?,54+,55-,60+,62-,64?,65+,66+,67-,68+,69-,70+,71+,72+,73-,75+,76+,84-,86-/m0/s1. The van der Waals surface area contributed by atoms with E-state index < -0.39 is 215 Å². The van der Waals surface area contributed by atoms with E-state index in [9.17, 15) is 60.3 Å². The van der Waals surface area contributed by atoms with Gasteiger partial charge in [0.2, 0.25) is 65.1 Å². The number of hydrogen-bond acceptors (Lipinski definition) is 28. The number of phenols is 1. The predicted molar refractivity (Wildman–Crippen MR) is 441 cm³/mol. The number of hydrogen-bond donors (Lipinski definition) is 21. The number of aromatic hydroxyl groups is 1. The van der Waals surface area contributed by atoms with E-state index in [1.165, 1.54) is 101 Å². The van der Waals surface area contributed by atoms with Gasteiger partial charge in [0.25, 0.3) is 0 Å². The SMILES string of the molecule is CN[C@H](CC(C)C)C(=O)N[C@H]1C(=O)N[C@@H](CC(=O)NC(=O)Nc2ccc(OCCN)cc2)C(=O)N[C@H]2C(=O)N[C@H]3C(=O)N[C@H](C(=O)N[C@H](C(=O)NC4C5CC6CC(C5)CC4C6)c4cc(O)cc5c4-c4cc3ccc4C5(O)O)[C@H](O)c3ccc(c(Cl)c3)Oc3cc2cc(c3O[C@@H]2O[C@H](CO)[C@@H](O)[C@H](O)[C@H]2O[C@H]2C[C@](C)(N)[C@H](O)[C@H](C)O2)Oc2ccc(cc2C)[C@H]1O. The zero-order valence-corrected chi connectivity index (χ0v) is 69.7. The molecule has 0 unspecified atom stereocenters. The van der Waals surface area contributed by atoms with Gasteiger partial charge in [0.05, 0.1) is 36.3 Å². The van der Waals surface area contributed by atoms with Crippen LogP contribution in [-0.4, -0.2) is 211 Å². The van der Waals surface area contributed by atoms with Crippen LogP contribution in [0.3, 0.4) is 0 Å². The molecular formula is C87H103ClN12O25. The molecule has 0 radical (unpaired) electrons. The Morgan fingerprint density at radius 2 is 1.34 bits per heavy atom. The first-order valence-corrected chi connectivity index (χ1v) is 42.0. The van der Waals surface area contributed by atoms with E-state index in [0.29, 0.717) is 17.6 Å². The molecule has 6 aromatic carbocycles. The molecule has 15 bridgehead atoms. The summed E-state index contributed by atoms with van der Waals surface area (Å²) in [5.74, 6) is -14.2. The number of urea groups is 1. The average Bonchev–Trinajstić information content (AvgIpc) is 1.56. The van der Waals surface area contributed by atoms with E-state index in [1.54, 1.807) is 0 Å². The van der Waals surface area contributed by atoms with Gasteiger partial charge in [0.15, 0.2) is 23.9 Å². The summed E-state index contributed by atoms with van der Waals surface area (Å²) >= 11 is 7.31. The van der Waals surface area contributed by atoms with Gasteiger partial charge in [0.1, 0.15) is 96.4 Å². The Kier molecular flexibility index (Phi) is 25.6. The van der Waals surface area contributed by atoms with Gasteiger partial charge in [-0.05, 0) is 219 Å². The summed E-state index contributed by atoms with van der Waals surface area (Å²) in [5.41, 5.74) is 9.09. The number of fused-ring (bicyclic) bond motifs is 12. The number of likely N-dealkylation sites (N-methyl/N-ethyl adjacent to an activating group) is 1. The fourth-order valence-corrected chi connectivity index (χ4v) is 19.2. The third-order valence-corrected chi connectivity index (χ3v) is 25.4. The van der Waals surface area contributed by atoms with Crippen LogP contribution in [0.5, 0.6) is 40.2 Å². The first-order chi connectivity index (χ1) is 59.4. The van der Waals surface area contributed by atoms with Gasteiger partial charge in [0, 0.05) is 41.4 Å². The molecule has 10 amide bonds. The number of aliphatic hydroxyl groups is 8. The number of halogens is 1. The third kappa shape index (κ3) is 18.2. The number of aryl methyl sites for hydroxylation is 1. The number of imide groups is 1. The predicted octanol–water partition coefficient (Wildman–Crippen LogP) is 1.91. The highest BCUT2D eigenvalue weighted by atomic mass is 35.5. The van der Waals surface area contributed by atoms with E-state index in [4.69, 9.17) is 56.2 Å². The average molecular weight is 1750 g/mol. The number of nitrogens with one attached hydrogen (secondary N) is 10. The topological polar surface area (TPSA) is 573 Å². The summed E-state index contributed by atoms with van der Waals surface area (Å²) in [7, 11) is 1.49. The summed E-state index contributed by atoms with van der Waals surface area (Å²) in [5, 5.41) is 134. The number of anilines is 1. The number of benzene rings is 6. The number of rotatable bonds is 18. The van der Waals surface area contributed by atoms with Crippen LogP contribution in [-0.2, 0) is 58.4 Å². The van der Waals surface area contributed by atoms with Crippen LogP contribution in [0.2, 0.25) is 5.02 Å². The molecule has 4 saturated carbocycles. The molecule has 38 heteroatoms. The molecule has 23 N–H and O–H groups in total. The molecule has 12 aliphatic rings. The molecule has 37 nitrogen and oxygen atoms in total. The minimum atomic E-state index is -2.99. The largest absolute Gasteiger partial charge is 0.508 e. The molecule has 18 rings (SSSR count). The Balaban J connectivity index is 0.918. The first kappa shape index (κ1) is 89.1. The minimum absolute atomic E-state index is 0.0660. The molecule has 125 heavy (non-hydrogen) atoms. The van der Waals surface area contributed by atoms with Crippen molar-refractivity contribution in [3.63, 3.8) is 0 Å². The molecule has 2 saturated heterocycles. The van der Waals surface area contributed by atoms with Crippen molar-refractivity contribution in [2.24, 2.45) is 41.1 Å². The summed E-state index contributed by atoms with van der Waals surface area (Å²) in [4.78, 5) is 139. The van der Waals surface area contributed by atoms with Crippen molar-refractivity contribution < 1.29 is 122 Å². The van der Waals surface area contributed by atoms with Crippen molar-refractivity contribution in [1.29, 1.82) is 0 Å². The van der Waals surface area contributed by atoms with Crippen LogP contribution in [0.25, 0.3) is 11.1 Å². The van der Waals surface area contributed by atoms with Crippen molar-refractivity contribution in [1.82, 2.24) is 47.9 Å². The van der Waals surface area contributed by atoms with Crippen molar-refractivity contribution >= 4 is 70.6 Å². The fraction of sp³-hybridized carbons (Fsp3) is 0.483. The zero-order valence-electron chi connectivity index (χ0n) is 69.0. The second-order valence-corrected chi connectivity index (χ2v) is 35.0. The zero-order chi connectivity index (χ0) is 89.3. The number of carbonyl (C=O) groups is 9. The molecule has 6 aromatic rings. The smallest absolute Gasteiger partial charge is 0.325 e. The molecular weight excluding hydrogens is 1650 g/mol. The van der Waals surface area contributed by atoms with Crippen LogP contribution >= 0.6 is 11.6 Å². The number of phenolic OH excluding ortho intramolecular Hbond substituents is 1. The second kappa shape index (κ2) is 36.0. The summed E-state index contributed by atoms with van der Waals surface area (Å²) in [6.45, 7) is 7.60. The summed E-state index contributed by atoms with van der Waals surface area (Å²) < 4.78 is 44.9. The molecule has 0 aromatic heterocycles. The Morgan fingerprint density at radius 3 is 1.99 bits per heavy atom. The Labute approximate surface area is 721 Å². The summed E-state index contributed by atoms with van der Waals surface area (Å²) in [6.07, 6.45) is -14.2. The highest BCUT2D eigenvalue weighted by Gasteiger charge is 2.54. The number of ether oxygens (including phenoxy) is 7. The Hall–Kier alpha value is -10.7. The Morgan fingerprint density at radius 1 is 0.696 bits per heavy atom. The Bertz CT molecular complexity index is 5170. The molecule has 5 aliphatic carbocycles. The van der Waals surface area contributed by atoms with Gasteiger partial charge < -0.3 is 138 Å². The van der Waals surface area contributed by atoms with Crippen LogP contribution in [0.4, 0.5) is 10.5 Å². The lowest BCUT2D eigenvalue weighted by Crippen LogP contribution is -2.64. The van der Waals surface area contributed by atoms with Gasteiger partial charge in [-0.1, -0.05) is 49.7 Å². The van der Waals surface area contributed by atoms with E-state index >= 15 is 28.8 Å². The maximum Gasteiger partial charge on any atom is 0.325 e. The maximum absolute atomic E-state index is 16.7. The third-order valence-electron chi connectivity index (χ3n) is 25.1. The van der Waals surface area contributed by atoms with Crippen LogP contribution in [0.1, 0.15) is 154 Å². The molecule has 7 aliphatic heterocycles. The maximum atomic E-state index is 16.7. The highest BCUT2D eigenvalue weighted by Crippen LogP contribution is 2.56. The number of nitrogens with two attached hydrogens (primary N) is 2. The van der Waals surface area contributed by atoms with Crippen molar-refractivity contribution in [3.05, 3.63) is 153 Å². The van der Waals surface area contributed by atoms with Crippen LogP contribution in [0, 0.1) is 36.5 Å². The van der Waals surface area contributed by atoms with Crippen molar-refractivity contribution in [2.45, 2.75) is 207 Å². The lowest BCUT2D eigenvalue weighted by atomic mass is 9.54. The molecule has 0 spiro atoms. The number of carbonyl (C=O) groups excluding carboxylic acids is 9. The number of aliphatic hydroxyl groups excluding tert-OH is 6. The molecule has 7 heterocycles. The highest BCUT2D eigenvalue weighted by molar-refractivity contribution is 6.32. The van der Waals surface area contributed by atoms with E-state index in [1.807, 2.05) is 13.8 Å². The summed E-state index contributed by atoms with van der Waals surface area (Å²) in [6, 6.07) is 6.00. The lowest BCUT2D eigenvalue weighted by Gasteiger charge is -2.54. The van der Waals surface area contributed by atoms with E-state index in [2.05, 4.69) is 53.2 Å². The normalized spacial score (nSPS) is 31.0. The van der Waals surface area contributed by atoms with Gasteiger partial charge in [-0.3, -0.25) is 43.7 Å². The van der Waals surface area contributed by atoms with Gasteiger partial charge >= 0.3 is 6.03 Å². The van der Waals surface area contributed by atoms with Crippen molar-refractivity contribution in [3.8, 4) is 51.4 Å². The van der Waals surface area contributed by atoms with Crippen molar-refractivity contribution in [2.75, 3.05) is 32.1 Å². The number of amides is 10. The van der Waals surface area contributed by atoms with E-state index in [0.717, 1.165) is 62.4 Å². The second-order valence-electron chi connectivity index (χ2n) is 34.6. The van der Waals surface area contributed by atoms with Crippen LogP contribution < -0.4 is 83.6 Å². The molecule has 6 fully saturated rings. The van der Waals surface area contributed by atoms with Gasteiger partial charge in [-0.2, -0.15) is 0 Å². The van der Waals surface area contributed by atoms with Gasteiger partial charge in [-0.25, -0.2) is 4.79 Å². The molecule has 18 atom stereocenters. The molecule has 668 valence electrons. The fourth-order valence-electron chi connectivity index (χ4n) is 19.0. The van der Waals surface area contributed by atoms with Gasteiger partial charge in [-0.15, -0.1) is 0 Å².